The highest BCUT2D eigenvalue weighted by Crippen LogP contribution is 2.64. The van der Waals surface area contributed by atoms with Crippen LogP contribution in [0.15, 0.2) is 30.3 Å². The molecule has 1 aromatic carbocycles. The third-order valence-electron chi connectivity index (χ3n) is 6.31. The second-order valence-electron chi connectivity index (χ2n) is 8.68. The van der Waals surface area contributed by atoms with Crippen molar-refractivity contribution in [3.05, 3.63) is 35.9 Å². The number of carbonyl (C=O) groups is 3. The van der Waals surface area contributed by atoms with E-state index in [9.17, 15) is 14.4 Å². The Balaban J connectivity index is 1.24. The summed E-state index contributed by atoms with van der Waals surface area (Å²) in [6.45, 7) is -0.145. The van der Waals surface area contributed by atoms with Crippen molar-refractivity contribution in [1.29, 1.82) is 0 Å². The van der Waals surface area contributed by atoms with Gasteiger partial charge in [0.1, 0.15) is 0 Å². The van der Waals surface area contributed by atoms with E-state index in [1.54, 1.807) is 0 Å². The van der Waals surface area contributed by atoms with Gasteiger partial charge in [0, 0.05) is 11.4 Å². The summed E-state index contributed by atoms with van der Waals surface area (Å²) in [5.74, 6) is -0.0246. The summed E-state index contributed by atoms with van der Waals surface area (Å²) in [6, 6.07) is 8.76. The van der Waals surface area contributed by atoms with Crippen molar-refractivity contribution in [3.8, 4) is 0 Å². The predicted molar refractivity (Wildman–Crippen MR) is 103 cm³/mol. The van der Waals surface area contributed by atoms with Crippen LogP contribution in [0.5, 0.6) is 0 Å². The predicted octanol–water partition coefficient (Wildman–Crippen LogP) is 3.13. The molecule has 4 aliphatic rings. The van der Waals surface area contributed by atoms with Gasteiger partial charge in [0.05, 0.1) is 5.41 Å². The average Bonchev–Trinajstić information content (AvgIpc) is 2.63. The molecule has 3 amide bonds. The smallest absolute Gasteiger partial charge is 0.321 e. The molecule has 4 atom stereocenters. The van der Waals surface area contributed by atoms with Gasteiger partial charge in [-0.25, -0.2) is 4.79 Å². The van der Waals surface area contributed by atoms with Crippen LogP contribution in [0.4, 0.5) is 4.79 Å². The van der Waals surface area contributed by atoms with Crippen LogP contribution in [0.3, 0.4) is 0 Å². The lowest BCUT2D eigenvalue weighted by atomic mass is 9.49. The van der Waals surface area contributed by atoms with Gasteiger partial charge in [-0.2, -0.15) is 0 Å². The molecule has 4 aliphatic carbocycles. The summed E-state index contributed by atoms with van der Waals surface area (Å²) in [5, 5.41) is 4.80. The highest BCUT2D eigenvalue weighted by molar-refractivity contribution is 6.24. The van der Waals surface area contributed by atoms with Crippen molar-refractivity contribution in [2.45, 2.75) is 49.9 Å². The molecule has 7 heteroatoms. The van der Waals surface area contributed by atoms with E-state index in [2.05, 4.69) is 10.6 Å². The van der Waals surface area contributed by atoms with Crippen molar-refractivity contribution in [3.63, 3.8) is 0 Å². The van der Waals surface area contributed by atoms with Crippen LogP contribution in [0, 0.1) is 17.3 Å². The van der Waals surface area contributed by atoms with Crippen LogP contribution in [0.1, 0.15) is 44.1 Å². The Morgan fingerprint density at radius 3 is 2.39 bits per heavy atom. The quantitative estimate of drug-likeness (QED) is 0.583. The van der Waals surface area contributed by atoms with Gasteiger partial charge in [-0.1, -0.05) is 30.3 Å². The molecule has 0 aliphatic heterocycles. The van der Waals surface area contributed by atoms with Gasteiger partial charge >= 0.3 is 12.0 Å². The fourth-order valence-electron chi connectivity index (χ4n) is 5.66. The molecule has 0 saturated heterocycles. The largest absolute Gasteiger partial charge is 0.455 e. The number of rotatable bonds is 5. The van der Waals surface area contributed by atoms with E-state index < -0.39 is 24.0 Å². The molecule has 4 bridgehead atoms. The van der Waals surface area contributed by atoms with E-state index in [-0.39, 0.29) is 10.8 Å². The number of hydrogen-bond donors (Lipinski definition) is 2. The van der Waals surface area contributed by atoms with Crippen molar-refractivity contribution in [2.24, 2.45) is 17.3 Å². The number of benzene rings is 1. The molecule has 1 aromatic rings. The van der Waals surface area contributed by atoms with Crippen LogP contribution < -0.4 is 10.6 Å². The second-order valence-corrected chi connectivity index (χ2v) is 9.49. The molecular weight excluding hydrogens is 380 g/mol. The lowest BCUT2D eigenvalue weighted by Gasteiger charge is -2.58. The Bertz CT molecular complexity index is 768. The first-order valence-corrected chi connectivity index (χ1v) is 10.2. The molecule has 0 spiro atoms. The van der Waals surface area contributed by atoms with Crippen LogP contribution >= 0.6 is 11.6 Å². The summed E-state index contributed by atoms with van der Waals surface area (Å²) in [4.78, 5) is 36.3. The SMILES string of the molecule is O=C(COC(=O)C12C[C@@H]3C[C@@H](CC(Cl)(C3)C1)C2)NC(=O)NCc1ccccc1. The molecule has 5 rings (SSSR count). The Labute approximate surface area is 169 Å². The highest BCUT2D eigenvalue weighted by atomic mass is 35.5. The zero-order valence-electron chi connectivity index (χ0n) is 15.7. The number of imide groups is 1. The number of hydrogen-bond acceptors (Lipinski definition) is 4. The van der Waals surface area contributed by atoms with Crippen molar-refractivity contribution in [2.75, 3.05) is 6.61 Å². The van der Waals surface area contributed by atoms with Gasteiger partial charge in [0.15, 0.2) is 6.61 Å². The van der Waals surface area contributed by atoms with E-state index >= 15 is 0 Å². The van der Waals surface area contributed by atoms with E-state index in [0.29, 0.717) is 24.8 Å². The van der Waals surface area contributed by atoms with Crippen LogP contribution in [-0.4, -0.2) is 29.4 Å². The van der Waals surface area contributed by atoms with Crippen LogP contribution in [-0.2, 0) is 20.9 Å². The first-order valence-electron chi connectivity index (χ1n) is 9.84. The first kappa shape index (κ1) is 19.2. The average molecular weight is 405 g/mol. The lowest BCUT2D eigenvalue weighted by Crippen LogP contribution is -2.56. The highest BCUT2D eigenvalue weighted by Gasteiger charge is 2.60. The minimum absolute atomic E-state index is 0.289. The maximum absolute atomic E-state index is 12.8. The standard InChI is InChI=1S/C21H25ClN2O4/c22-21-9-15-6-16(10-21)8-20(7-15,13-21)18(26)28-12-17(25)24-19(27)23-11-14-4-2-1-3-5-14/h1-5,15-16H,6-13H2,(H2,23,24,25,27)/t15-,16+,20?,21?. The van der Waals surface area contributed by atoms with Gasteiger partial charge in [0.25, 0.3) is 5.91 Å². The van der Waals surface area contributed by atoms with Gasteiger partial charge in [-0.3, -0.25) is 14.9 Å². The van der Waals surface area contributed by atoms with E-state index in [0.717, 1.165) is 37.7 Å². The van der Waals surface area contributed by atoms with Gasteiger partial charge in [-0.15, -0.1) is 11.6 Å². The lowest BCUT2D eigenvalue weighted by molar-refractivity contribution is -0.171. The summed E-state index contributed by atoms with van der Waals surface area (Å²) < 4.78 is 5.31. The molecule has 0 radical (unpaired) electrons. The number of esters is 1. The van der Waals surface area contributed by atoms with E-state index in [1.165, 1.54) is 0 Å². The van der Waals surface area contributed by atoms with Crippen LogP contribution in [0.25, 0.3) is 0 Å². The van der Waals surface area contributed by atoms with E-state index in [1.807, 2.05) is 30.3 Å². The van der Waals surface area contributed by atoms with Crippen molar-refractivity contribution < 1.29 is 19.1 Å². The summed E-state index contributed by atoms with van der Waals surface area (Å²) in [7, 11) is 0. The Morgan fingerprint density at radius 1 is 1.07 bits per heavy atom. The number of halogens is 1. The minimum Gasteiger partial charge on any atom is -0.455 e. The number of urea groups is 1. The topological polar surface area (TPSA) is 84.5 Å². The fraction of sp³-hybridized carbons (Fsp3) is 0.571. The maximum atomic E-state index is 12.8. The zero-order valence-corrected chi connectivity index (χ0v) is 16.5. The van der Waals surface area contributed by atoms with Gasteiger partial charge < -0.3 is 10.1 Å². The molecular formula is C21H25ClN2O4. The van der Waals surface area contributed by atoms with Gasteiger partial charge in [-0.05, 0) is 55.9 Å². The number of alkyl halides is 1. The molecule has 6 nitrogen and oxygen atoms in total. The molecule has 2 unspecified atom stereocenters. The molecule has 2 N–H and O–H groups in total. The Morgan fingerprint density at radius 2 is 1.75 bits per heavy atom. The normalized spacial score (nSPS) is 32.6. The van der Waals surface area contributed by atoms with Crippen molar-refractivity contribution in [1.82, 2.24) is 10.6 Å². The Kier molecular flexibility index (Phi) is 5.08. The summed E-state index contributed by atoms with van der Waals surface area (Å²) >= 11 is 6.74. The number of amides is 3. The second kappa shape index (κ2) is 7.39. The third kappa shape index (κ3) is 4.02. The Hall–Kier alpha value is -2.08. The molecule has 0 aromatic heterocycles. The monoisotopic (exact) mass is 404 g/mol. The number of ether oxygens (including phenoxy) is 1. The number of carbonyl (C=O) groups excluding carboxylic acids is 3. The molecule has 4 fully saturated rings. The van der Waals surface area contributed by atoms with E-state index in [4.69, 9.17) is 16.3 Å². The fourth-order valence-corrected chi connectivity index (χ4v) is 6.35. The summed E-state index contributed by atoms with van der Waals surface area (Å²) in [5.41, 5.74) is 0.371. The molecule has 28 heavy (non-hydrogen) atoms. The molecule has 4 saturated carbocycles. The summed E-state index contributed by atoms with van der Waals surface area (Å²) in [6.07, 6.45) is 5.33. The molecule has 150 valence electrons. The maximum Gasteiger partial charge on any atom is 0.321 e. The van der Waals surface area contributed by atoms with Gasteiger partial charge in [0.2, 0.25) is 0 Å². The zero-order chi connectivity index (χ0) is 19.8. The van der Waals surface area contributed by atoms with Crippen LogP contribution in [0.2, 0.25) is 0 Å². The van der Waals surface area contributed by atoms with Crippen molar-refractivity contribution >= 4 is 29.5 Å². The number of nitrogens with one attached hydrogen (secondary N) is 2. The first-order chi connectivity index (χ1) is 13.4. The third-order valence-corrected chi connectivity index (χ3v) is 6.75. The minimum atomic E-state index is -0.635. The molecule has 0 heterocycles.